The molecule has 3 aromatic rings. The van der Waals surface area contributed by atoms with E-state index in [1.165, 1.54) is 0 Å². The molecule has 4 rings (SSSR count). The molecule has 0 atom stereocenters. The Kier molecular flexibility index (Phi) is 4.63. The van der Waals surface area contributed by atoms with Crippen molar-refractivity contribution in [2.75, 3.05) is 5.32 Å². The summed E-state index contributed by atoms with van der Waals surface area (Å²) in [6.07, 6.45) is 0. The number of hydrogen-bond donors (Lipinski definition) is 1. The zero-order valence-electron chi connectivity index (χ0n) is 15.4. The van der Waals surface area contributed by atoms with Gasteiger partial charge in [0.15, 0.2) is 9.84 Å². The molecule has 0 bridgehead atoms. The number of aryl methyl sites for hydroxylation is 2. The van der Waals surface area contributed by atoms with E-state index in [2.05, 4.69) is 26.3 Å². The van der Waals surface area contributed by atoms with Gasteiger partial charge >= 0.3 is 0 Å². The molecule has 6 nitrogen and oxygen atoms in total. The first kappa shape index (κ1) is 18.9. The number of halogens is 1. The maximum Gasteiger partial charge on any atom is 0.256 e. The van der Waals surface area contributed by atoms with Crippen LogP contribution in [0.3, 0.4) is 0 Å². The van der Waals surface area contributed by atoms with Crippen molar-refractivity contribution in [1.29, 1.82) is 0 Å². The highest BCUT2D eigenvalue weighted by Crippen LogP contribution is 2.34. The second kappa shape index (κ2) is 6.86. The molecule has 0 unspecified atom stereocenters. The maximum absolute atomic E-state index is 12.8. The molecule has 1 amide bonds. The third kappa shape index (κ3) is 3.49. The standard InChI is InChI=1S/C20H18BrN3O3S/c1-12-6-7-18(13(2)8-12)24-19(16-10-28(26,27)11-17(16)23-24)22-20(25)14-4-3-5-15(21)9-14/h3-9H,10-11H2,1-2H3,(H,22,25). The lowest BCUT2D eigenvalue weighted by Gasteiger charge is -2.13. The maximum atomic E-state index is 12.8. The molecule has 144 valence electrons. The number of fused-ring (bicyclic) bond motifs is 1. The quantitative estimate of drug-likeness (QED) is 0.642. The molecule has 1 aliphatic heterocycles. The van der Waals surface area contributed by atoms with Crippen LogP contribution in [0.5, 0.6) is 0 Å². The minimum Gasteiger partial charge on any atom is -0.306 e. The van der Waals surface area contributed by atoms with Crippen LogP contribution in [0, 0.1) is 13.8 Å². The number of carbonyl (C=O) groups is 1. The van der Waals surface area contributed by atoms with E-state index in [4.69, 9.17) is 0 Å². The Labute approximate surface area is 171 Å². The van der Waals surface area contributed by atoms with E-state index in [0.29, 0.717) is 22.6 Å². The summed E-state index contributed by atoms with van der Waals surface area (Å²) < 4.78 is 26.6. The topological polar surface area (TPSA) is 81.1 Å². The van der Waals surface area contributed by atoms with Gasteiger partial charge in [-0.2, -0.15) is 5.10 Å². The average Bonchev–Trinajstić information content (AvgIpc) is 3.07. The Morgan fingerprint density at radius 3 is 2.64 bits per heavy atom. The van der Waals surface area contributed by atoms with Gasteiger partial charge in [-0.15, -0.1) is 0 Å². The van der Waals surface area contributed by atoms with Gasteiger partial charge in [0.25, 0.3) is 5.91 Å². The van der Waals surface area contributed by atoms with E-state index in [9.17, 15) is 13.2 Å². The highest BCUT2D eigenvalue weighted by Gasteiger charge is 2.33. The van der Waals surface area contributed by atoms with E-state index in [1.807, 2.05) is 38.1 Å². The van der Waals surface area contributed by atoms with Crippen molar-refractivity contribution in [2.45, 2.75) is 25.4 Å². The van der Waals surface area contributed by atoms with E-state index < -0.39 is 9.84 Å². The number of carbonyl (C=O) groups excluding carboxylic acids is 1. The van der Waals surface area contributed by atoms with Crippen molar-refractivity contribution in [3.8, 4) is 5.69 Å². The largest absolute Gasteiger partial charge is 0.306 e. The van der Waals surface area contributed by atoms with Crippen LogP contribution in [-0.4, -0.2) is 24.1 Å². The summed E-state index contributed by atoms with van der Waals surface area (Å²) in [5.74, 6) is -0.145. The van der Waals surface area contributed by atoms with Gasteiger partial charge in [-0.25, -0.2) is 13.1 Å². The Morgan fingerprint density at radius 2 is 1.93 bits per heavy atom. The third-order valence-electron chi connectivity index (χ3n) is 4.69. The first-order valence-corrected chi connectivity index (χ1v) is 11.3. The van der Waals surface area contributed by atoms with E-state index in [-0.39, 0.29) is 17.4 Å². The Balaban J connectivity index is 1.82. The van der Waals surface area contributed by atoms with Crippen molar-refractivity contribution in [3.63, 3.8) is 0 Å². The molecule has 1 N–H and O–H groups in total. The summed E-state index contributed by atoms with van der Waals surface area (Å²) in [7, 11) is -3.24. The SMILES string of the molecule is Cc1ccc(-n2nc3c(c2NC(=O)c2cccc(Br)c2)CS(=O)(=O)C3)c(C)c1. The van der Waals surface area contributed by atoms with Crippen molar-refractivity contribution in [3.05, 3.63) is 74.9 Å². The van der Waals surface area contributed by atoms with Crippen LogP contribution < -0.4 is 5.32 Å². The van der Waals surface area contributed by atoms with Crippen molar-refractivity contribution < 1.29 is 13.2 Å². The molecule has 0 saturated heterocycles. The lowest BCUT2D eigenvalue weighted by molar-refractivity contribution is 0.102. The molecule has 0 saturated carbocycles. The van der Waals surface area contributed by atoms with E-state index in [0.717, 1.165) is 21.3 Å². The highest BCUT2D eigenvalue weighted by atomic mass is 79.9. The minimum atomic E-state index is -3.24. The summed E-state index contributed by atoms with van der Waals surface area (Å²) >= 11 is 3.36. The molecule has 28 heavy (non-hydrogen) atoms. The van der Waals surface area contributed by atoms with Gasteiger partial charge in [0.05, 0.1) is 22.9 Å². The predicted octanol–water partition coefficient (Wildman–Crippen LogP) is 3.93. The van der Waals surface area contributed by atoms with Crippen LogP contribution in [0.25, 0.3) is 5.69 Å². The lowest BCUT2D eigenvalue weighted by Crippen LogP contribution is -2.17. The number of nitrogens with one attached hydrogen (secondary N) is 1. The van der Waals surface area contributed by atoms with Gasteiger partial charge < -0.3 is 5.32 Å². The molecule has 0 fully saturated rings. The Bertz CT molecular complexity index is 1220. The molecule has 0 aliphatic carbocycles. The smallest absolute Gasteiger partial charge is 0.256 e. The molecule has 0 radical (unpaired) electrons. The molecular weight excluding hydrogens is 442 g/mol. The first-order chi connectivity index (χ1) is 13.2. The van der Waals surface area contributed by atoms with E-state index >= 15 is 0 Å². The summed E-state index contributed by atoms with van der Waals surface area (Å²) in [6.45, 7) is 3.97. The fourth-order valence-corrected chi connectivity index (χ4v) is 5.29. The molecule has 2 heterocycles. The number of rotatable bonds is 3. The van der Waals surface area contributed by atoms with E-state index in [1.54, 1.807) is 22.9 Å². The second-order valence-corrected chi connectivity index (χ2v) is 9.95. The van der Waals surface area contributed by atoms with Gasteiger partial charge in [-0.05, 0) is 43.7 Å². The van der Waals surface area contributed by atoms with Gasteiger partial charge in [-0.3, -0.25) is 4.79 Å². The highest BCUT2D eigenvalue weighted by molar-refractivity contribution is 9.10. The number of anilines is 1. The Morgan fingerprint density at radius 1 is 1.14 bits per heavy atom. The summed E-state index contributed by atoms with van der Waals surface area (Å²) in [6, 6.07) is 12.9. The molecule has 2 aromatic carbocycles. The van der Waals surface area contributed by atoms with Gasteiger partial charge in [-0.1, -0.05) is 39.7 Å². The number of benzene rings is 2. The van der Waals surface area contributed by atoms with Crippen molar-refractivity contribution in [2.24, 2.45) is 0 Å². The number of nitrogens with zero attached hydrogens (tertiary/aromatic N) is 2. The first-order valence-electron chi connectivity index (χ1n) is 8.69. The van der Waals surface area contributed by atoms with Crippen LogP contribution in [-0.2, 0) is 21.3 Å². The zero-order chi connectivity index (χ0) is 20.1. The summed E-state index contributed by atoms with van der Waals surface area (Å²) in [5.41, 5.74) is 4.43. The van der Waals surface area contributed by atoms with Gasteiger partial charge in [0, 0.05) is 15.6 Å². The molecular formula is C20H18BrN3O3S. The number of hydrogen-bond acceptors (Lipinski definition) is 4. The normalized spacial score (nSPS) is 14.7. The minimum absolute atomic E-state index is 0.111. The average molecular weight is 460 g/mol. The van der Waals surface area contributed by atoms with Crippen LogP contribution in [0.4, 0.5) is 5.82 Å². The van der Waals surface area contributed by atoms with Crippen molar-refractivity contribution >= 4 is 37.5 Å². The summed E-state index contributed by atoms with van der Waals surface area (Å²) in [4.78, 5) is 12.8. The zero-order valence-corrected chi connectivity index (χ0v) is 17.8. The summed E-state index contributed by atoms with van der Waals surface area (Å²) in [5, 5.41) is 7.41. The second-order valence-electron chi connectivity index (χ2n) is 6.97. The number of sulfone groups is 1. The Hall–Kier alpha value is -2.45. The fourth-order valence-electron chi connectivity index (χ4n) is 3.40. The van der Waals surface area contributed by atoms with Crippen LogP contribution in [0.2, 0.25) is 0 Å². The van der Waals surface area contributed by atoms with Crippen molar-refractivity contribution in [1.82, 2.24) is 9.78 Å². The monoisotopic (exact) mass is 459 g/mol. The van der Waals surface area contributed by atoms with Crippen LogP contribution in [0.1, 0.15) is 32.7 Å². The molecule has 1 aliphatic rings. The molecule has 0 spiro atoms. The number of aromatic nitrogens is 2. The van der Waals surface area contributed by atoms with Crippen LogP contribution in [0.15, 0.2) is 46.9 Å². The molecule has 1 aromatic heterocycles. The van der Waals surface area contributed by atoms with Crippen LogP contribution >= 0.6 is 15.9 Å². The van der Waals surface area contributed by atoms with Gasteiger partial charge in [0.1, 0.15) is 5.82 Å². The number of amides is 1. The molecule has 8 heteroatoms. The lowest BCUT2D eigenvalue weighted by atomic mass is 10.1. The third-order valence-corrected chi connectivity index (χ3v) is 6.62. The van der Waals surface area contributed by atoms with Gasteiger partial charge in [0.2, 0.25) is 0 Å². The fraction of sp³-hybridized carbons (Fsp3) is 0.200. The predicted molar refractivity (Wildman–Crippen MR) is 111 cm³/mol.